The summed E-state index contributed by atoms with van der Waals surface area (Å²) in [5.41, 5.74) is 3.39. The molecule has 1 aromatic heterocycles. The van der Waals surface area contributed by atoms with E-state index in [9.17, 15) is 24.8 Å². The second-order valence-electron chi connectivity index (χ2n) is 10.1. The Labute approximate surface area is 230 Å². The summed E-state index contributed by atoms with van der Waals surface area (Å²) in [6.07, 6.45) is 2.31. The summed E-state index contributed by atoms with van der Waals surface area (Å²) in [4.78, 5) is 42.3. The lowest BCUT2D eigenvalue weighted by molar-refractivity contribution is -0.384. The van der Waals surface area contributed by atoms with Crippen LogP contribution < -0.4 is 4.74 Å². The molecule has 0 aliphatic carbocycles. The Hall–Kier alpha value is -4.92. The van der Waals surface area contributed by atoms with Crippen molar-refractivity contribution in [1.29, 1.82) is 0 Å². The average Bonchev–Trinajstić information content (AvgIpc) is 3.48. The number of carbonyl (C=O) groups excluding carboxylic acids is 2. The van der Waals surface area contributed by atoms with Crippen LogP contribution in [0.3, 0.4) is 0 Å². The number of aromatic amines is 1. The number of Topliss-reactive ketones (excluding diaryl/α,β-unsaturated/α-hetero) is 1. The number of nitro benzene ring substituents is 1. The summed E-state index contributed by atoms with van der Waals surface area (Å²) in [6.45, 7) is 4.34. The molecule has 40 heavy (non-hydrogen) atoms. The van der Waals surface area contributed by atoms with E-state index in [1.165, 1.54) is 29.2 Å². The number of amides is 1. The molecule has 0 bridgehead atoms. The van der Waals surface area contributed by atoms with E-state index in [0.717, 1.165) is 22.0 Å². The number of benzene rings is 3. The quantitative estimate of drug-likeness (QED) is 0.0948. The van der Waals surface area contributed by atoms with E-state index >= 15 is 0 Å². The van der Waals surface area contributed by atoms with Crippen molar-refractivity contribution >= 4 is 34.0 Å². The molecule has 0 spiro atoms. The number of hydrogen-bond acceptors (Lipinski definition) is 6. The van der Waals surface area contributed by atoms with E-state index in [0.29, 0.717) is 17.7 Å². The number of aliphatic hydroxyl groups is 1. The molecule has 4 aromatic rings. The second-order valence-corrected chi connectivity index (χ2v) is 10.1. The predicted octanol–water partition coefficient (Wildman–Crippen LogP) is 5.87. The number of aliphatic hydroxyl groups excluding tert-OH is 1. The Morgan fingerprint density at radius 2 is 1.85 bits per heavy atom. The third kappa shape index (κ3) is 4.82. The first-order valence-electron chi connectivity index (χ1n) is 13.0. The van der Waals surface area contributed by atoms with Gasteiger partial charge in [-0.1, -0.05) is 50.2 Å². The van der Waals surface area contributed by atoms with E-state index in [1.807, 2.05) is 48.7 Å². The van der Waals surface area contributed by atoms with Gasteiger partial charge in [-0.2, -0.15) is 0 Å². The lowest BCUT2D eigenvalue weighted by Gasteiger charge is -2.25. The number of ketones is 1. The maximum absolute atomic E-state index is 13.4. The minimum absolute atomic E-state index is 0.0941. The van der Waals surface area contributed by atoms with Crippen LogP contribution in [0, 0.1) is 10.1 Å². The van der Waals surface area contributed by atoms with Gasteiger partial charge >= 0.3 is 0 Å². The van der Waals surface area contributed by atoms with Gasteiger partial charge in [0.2, 0.25) is 0 Å². The van der Waals surface area contributed by atoms with Gasteiger partial charge in [0.15, 0.2) is 0 Å². The SMILES string of the molecule is COc1ccc2[nH]cc(CCN3C(=O)C(=O)/C(=C(\O)c4cccc([N+](=O)[O-])c4)C3c3ccc(C(C)C)cc3)c2c1. The van der Waals surface area contributed by atoms with Crippen molar-refractivity contribution in [2.24, 2.45) is 0 Å². The van der Waals surface area contributed by atoms with Crippen LogP contribution >= 0.6 is 0 Å². The summed E-state index contributed by atoms with van der Waals surface area (Å²) >= 11 is 0. The van der Waals surface area contributed by atoms with Crippen molar-refractivity contribution < 1.29 is 24.4 Å². The fraction of sp³-hybridized carbons (Fsp3) is 0.226. The fourth-order valence-corrected chi connectivity index (χ4v) is 5.17. The molecule has 0 saturated carbocycles. The first-order chi connectivity index (χ1) is 19.2. The van der Waals surface area contributed by atoms with E-state index in [-0.39, 0.29) is 29.3 Å². The molecule has 1 aliphatic rings. The van der Waals surface area contributed by atoms with Crippen molar-refractivity contribution in [2.45, 2.75) is 32.2 Å². The lowest BCUT2D eigenvalue weighted by atomic mass is 9.93. The highest BCUT2D eigenvalue weighted by Crippen LogP contribution is 2.40. The number of rotatable bonds is 8. The molecule has 9 nitrogen and oxygen atoms in total. The molecule has 1 unspecified atom stereocenters. The number of methoxy groups -OCH3 is 1. The van der Waals surface area contributed by atoms with Crippen LogP contribution in [0.1, 0.15) is 48.1 Å². The molecular weight excluding hydrogens is 510 g/mol. The minimum Gasteiger partial charge on any atom is -0.507 e. The van der Waals surface area contributed by atoms with Gasteiger partial charge in [-0.25, -0.2) is 0 Å². The van der Waals surface area contributed by atoms with Crippen LogP contribution in [0.2, 0.25) is 0 Å². The highest BCUT2D eigenvalue weighted by atomic mass is 16.6. The largest absolute Gasteiger partial charge is 0.507 e. The van der Waals surface area contributed by atoms with Crippen LogP contribution in [0.25, 0.3) is 16.7 Å². The van der Waals surface area contributed by atoms with Gasteiger partial charge in [0.1, 0.15) is 11.5 Å². The molecular formula is C31H29N3O6. The highest BCUT2D eigenvalue weighted by Gasteiger charge is 2.46. The molecule has 3 aromatic carbocycles. The number of nitrogens with one attached hydrogen (secondary N) is 1. The Bertz CT molecular complexity index is 1650. The van der Waals surface area contributed by atoms with Crippen LogP contribution in [0.5, 0.6) is 5.75 Å². The Morgan fingerprint density at radius 3 is 2.52 bits per heavy atom. The summed E-state index contributed by atoms with van der Waals surface area (Å²) in [5, 5.41) is 23.6. The molecule has 1 saturated heterocycles. The summed E-state index contributed by atoms with van der Waals surface area (Å²) < 4.78 is 5.36. The summed E-state index contributed by atoms with van der Waals surface area (Å²) in [5.74, 6) is -1.02. The Balaban J connectivity index is 1.57. The van der Waals surface area contributed by atoms with Crippen molar-refractivity contribution in [3.05, 3.63) is 111 Å². The molecule has 2 N–H and O–H groups in total. The summed E-state index contributed by atoms with van der Waals surface area (Å²) in [7, 11) is 1.60. The zero-order valence-electron chi connectivity index (χ0n) is 22.4. The number of hydrogen-bond donors (Lipinski definition) is 2. The lowest BCUT2D eigenvalue weighted by Crippen LogP contribution is -2.31. The van der Waals surface area contributed by atoms with E-state index in [2.05, 4.69) is 18.8 Å². The van der Waals surface area contributed by atoms with Crippen LogP contribution in [0.15, 0.2) is 78.5 Å². The molecule has 1 atom stereocenters. The van der Waals surface area contributed by atoms with Crippen LogP contribution in [-0.4, -0.2) is 45.3 Å². The highest BCUT2D eigenvalue weighted by molar-refractivity contribution is 6.46. The third-order valence-corrected chi connectivity index (χ3v) is 7.39. The van der Waals surface area contributed by atoms with Gasteiger partial charge in [-0.3, -0.25) is 19.7 Å². The fourth-order valence-electron chi connectivity index (χ4n) is 5.17. The van der Waals surface area contributed by atoms with Gasteiger partial charge in [-0.05, 0) is 47.2 Å². The van der Waals surface area contributed by atoms with E-state index < -0.39 is 28.4 Å². The summed E-state index contributed by atoms with van der Waals surface area (Å²) in [6, 6.07) is 17.8. The maximum Gasteiger partial charge on any atom is 0.295 e. The minimum atomic E-state index is -0.861. The smallest absolute Gasteiger partial charge is 0.295 e. The molecule has 1 amide bonds. The van der Waals surface area contributed by atoms with Crippen LogP contribution in [0.4, 0.5) is 5.69 Å². The second kappa shape index (κ2) is 10.7. The number of carbonyl (C=O) groups is 2. The molecule has 1 aliphatic heterocycles. The van der Waals surface area contributed by atoms with Crippen molar-refractivity contribution in [3.63, 3.8) is 0 Å². The zero-order valence-corrected chi connectivity index (χ0v) is 22.4. The van der Waals surface area contributed by atoms with Gasteiger partial charge in [0.05, 0.1) is 23.6 Å². The number of non-ortho nitro benzene ring substituents is 1. The van der Waals surface area contributed by atoms with Crippen LogP contribution in [-0.2, 0) is 16.0 Å². The normalized spacial score (nSPS) is 16.7. The van der Waals surface area contributed by atoms with Crippen molar-refractivity contribution in [1.82, 2.24) is 9.88 Å². The monoisotopic (exact) mass is 539 g/mol. The Morgan fingerprint density at radius 1 is 1.10 bits per heavy atom. The number of likely N-dealkylation sites (tertiary alicyclic amines) is 1. The third-order valence-electron chi connectivity index (χ3n) is 7.39. The number of H-pyrrole nitrogens is 1. The Kier molecular flexibility index (Phi) is 7.13. The zero-order chi connectivity index (χ0) is 28.6. The number of nitro groups is 1. The standard InChI is InChI=1S/C31H29N3O6/c1-18(2)19-7-9-20(10-8-19)28-27(29(35)21-5-4-6-23(15-21)34(38)39)30(36)31(37)33(28)14-13-22-17-32-26-12-11-24(40-3)16-25(22)26/h4-12,15-18,28,32,35H,13-14H2,1-3H3/b29-27-. The van der Waals surface area contributed by atoms with E-state index in [4.69, 9.17) is 4.74 Å². The van der Waals surface area contributed by atoms with Gasteiger partial charge in [0.25, 0.3) is 17.4 Å². The molecule has 9 heteroatoms. The topological polar surface area (TPSA) is 126 Å². The van der Waals surface area contributed by atoms with E-state index in [1.54, 1.807) is 7.11 Å². The van der Waals surface area contributed by atoms with Crippen molar-refractivity contribution in [2.75, 3.05) is 13.7 Å². The predicted molar refractivity (Wildman–Crippen MR) is 151 cm³/mol. The first-order valence-corrected chi connectivity index (χ1v) is 13.0. The number of ether oxygens (including phenoxy) is 1. The molecule has 5 rings (SSSR count). The first kappa shape index (κ1) is 26.7. The molecule has 2 heterocycles. The number of aromatic nitrogens is 1. The maximum atomic E-state index is 13.4. The van der Waals surface area contributed by atoms with Gasteiger partial charge in [-0.15, -0.1) is 0 Å². The molecule has 0 radical (unpaired) electrons. The average molecular weight is 540 g/mol. The van der Waals surface area contributed by atoms with Gasteiger partial charge < -0.3 is 19.7 Å². The molecule has 1 fully saturated rings. The van der Waals surface area contributed by atoms with Gasteiger partial charge in [0, 0.05) is 41.3 Å². The van der Waals surface area contributed by atoms with Crippen molar-refractivity contribution in [3.8, 4) is 5.75 Å². The number of nitrogens with zero attached hydrogens (tertiary/aromatic N) is 2. The number of fused-ring (bicyclic) bond motifs is 1. The molecule has 204 valence electrons.